The first-order valence-corrected chi connectivity index (χ1v) is 6.98. The number of alkyl halides is 3. The molecule has 0 aliphatic carbocycles. The number of aromatic nitrogens is 4. The highest BCUT2D eigenvalue weighted by Gasteiger charge is 2.41. The maximum absolute atomic E-state index is 13.2. The number of nitrogens with two attached hydrogens (primary N) is 1. The second kappa shape index (κ2) is 6.35. The van der Waals surface area contributed by atoms with Crippen LogP contribution in [0.15, 0.2) is 18.5 Å². The van der Waals surface area contributed by atoms with E-state index in [2.05, 4.69) is 15.1 Å². The zero-order chi connectivity index (χ0) is 17.2. The van der Waals surface area contributed by atoms with Gasteiger partial charge in [-0.25, -0.2) is 14.6 Å². The molecule has 9 heteroatoms. The molecule has 2 rings (SSSR count). The largest absolute Gasteiger partial charge is 0.436 e. The van der Waals surface area contributed by atoms with Crippen molar-refractivity contribution in [2.75, 3.05) is 0 Å². The van der Waals surface area contributed by atoms with Gasteiger partial charge in [0.15, 0.2) is 5.69 Å². The molecule has 2 heterocycles. The van der Waals surface area contributed by atoms with Gasteiger partial charge in [0.25, 0.3) is 11.9 Å². The van der Waals surface area contributed by atoms with Gasteiger partial charge in [-0.15, -0.1) is 0 Å². The predicted molar refractivity (Wildman–Crippen MR) is 75.8 cm³/mol. The van der Waals surface area contributed by atoms with E-state index >= 15 is 0 Å². The van der Waals surface area contributed by atoms with E-state index in [4.69, 9.17) is 5.73 Å². The van der Waals surface area contributed by atoms with E-state index in [9.17, 15) is 18.0 Å². The van der Waals surface area contributed by atoms with Crippen LogP contribution in [0.2, 0.25) is 0 Å². The highest BCUT2D eigenvalue weighted by atomic mass is 19.4. The minimum absolute atomic E-state index is 0.0377. The fraction of sp³-hybridized carbons (Fsp3) is 0.429. The van der Waals surface area contributed by atoms with Crippen molar-refractivity contribution >= 4 is 5.91 Å². The molecule has 0 saturated heterocycles. The average Bonchev–Trinajstić information content (AvgIpc) is 2.85. The quantitative estimate of drug-likeness (QED) is 0.913. The van der Waals surface area contributed by atoms with Crippen LogP contribution in [-0.2, 0) is 12.6 Å². The van der Waals surface area contributed by atoms with Gasteiger partial charge >= 0.3 is 6.18 Å². The van der Waals surface area contributed by atoms with Crippen molar-refractivity contribution in [3.8, 4) is 5.95 Å². The fourth-order valence-corrected chi connectivity index (χ4v) is 2.13. The third-order valence-corrected chi connectivity index (χ3v) is 3.20. The Bertz CT molecular complexity index is 694. The van der Waals surface area contributed by atoms with Crippen molar-refractivity contribution in [3.63, 3.8) is 0 Å². The number of halogens is 3. The maximum atomic E-state index is 13.2. The Kier molecular flexibility index (Phi) is 4.67. The van der Waals surface area contributed by atoms with Gasteiger partial charge in [-0.1, -0.05) is 13.8 Å². The molecule has 6 nitrogen and oxygen atoms in total. The minimum atomic E-state index is -4.79. The molecule has 1 amide bonds. The minimum Gasteiger partial charge on any atom is -0.365 e. The van der Waals surface area contributed by atoms with Crippen LogP contribution in [0.5, 0.6) is 0 Å². The molecule has 0 saturated carbocycles. The lowest BCUT2D eigenvalue weighted by Gasteiger charge is -2.09. The topological polar surface area (TPSA) is 86.7 Å². The number of hydrogen-bond acceptors (Lipinski definition) is 4. The summed E-state index contributed by atoms with van der Waals surface area (Å²) >= 11 is 0. The van der Waals surface area contributed by atoms with Crippen LogP contribution in [-0.4, -0.2) is 25.7 Å². The zero-order valence-corrected chi connectivity index (χ0v) is 12.6. The first-order chi connectivity index (χ1) is 10.7. The van der Waals surface area contributed by atoms with Crippen molar-refractivity contribution in [1.82, 2.24) is 19.7 Å². The molecular weight excluding hydrogens is 311 g/mol. The Labute approximate surface area is 130 Å². The van der Waals surface area contributed by atoms with Crippen LogP contribution in [0.25, 0.3) is 5.95 Å². The van der Waals surface area contributed by atoms with Gasteiger partial charge in [0.1, 0.15) is 0 Å². The summed E-state index contributed by atoms with van der Waals surface area (Å²) < 4.78 is 40.5. The number of carbonyl (C=O) groups is 1. The Balaban J connectivity index is 2.67. The highest BCUT2D eigenvalue weighted by molar-refractivity contribution is 5.95. The van der Waals surface area contributed by atoms with Crippen LogP contribution in [0.3, 0.4) is 0 Å². The highest BCUT2D eigenvalue weighted by Crippen LogP contribution is 2.33. The molecule has 2 aromatic heterocycles. The molecule has 0 radical (unpaired) electrons. The lowest BCUT2D eigenvalue weighted by molar-refractivity contribution is -0.141. The van der Waals surface area contributed by atoms with Gasteiger partial charge in [-0.05, 0) is 24.8 Å². The number of amides is 1. The molecule has 0 atom stereocenters. The average molecular weight is 327 g/mol. The molecule has 0 aliphatic heterocycles. The molecule has 124 valence electrons. The van der Waals surface area contributed by atoms with E-state index in [0.717, 1.165) is 4.68 Å². The maximum Gasteiger partial charge on any atom is 0.436 e. The van der Waals surface area contributed by atoms with Crippen molar-refractivity contribution in [3.05, 3.63) is 35.4 Å². The van der Waals surface area contributed by atoms with E-state index in [-0.39, 0.29) is 24.0 Å². The molecule has 0 aliphatic rings. The Hall–Kier alpha value is -2.45. The first kappa shape index (κ1) is 16.9. The summed E-state index contributed by atoms with van der Waals surface area (Å²) in [5.41, 5.74) is 3.32. The van der Waals surface area contributed by atoms with Gasteiger partial charge in [0.2, 0.25) is 0 Å². The predicted octanol–water partition coefficient (Wildman–Crippen LogP) is 2.37. The summed E-state index contributed by atoms with van der Waals surface area (Å²) in [6.45, 7) is 3.85. The smallest absolute Gasteiger partial charge is 0.365 e. The third kappa shape index (κ3) is 3.66. The van der Waals surface area contributed by atoms with Crippen molar-refractivity contribution in [1.29, 1.82) is 0 Å². The molecular formula is C14H16F3N5O. The molecule has 0 fully saturated rings. The van der Waals surface area contributed by atoms with E-state index in [0.29, 0.717) is 6.42 Å². The Morgan fingerprint density at radius 2 is 1.91 bits per heavy atom. The SMILES string of the molecule is CC(C)CCc1c(C(N)=O)c(C(F)(F)F)nn1-c1ncccn1. The van der Waals surface area contributed by atoms with Crippen LogP contribution < -0.4 is 5.73 Å². The summed E-state index contributed by atoms with van der Waals surface area (Å²) in [6, 6.07) is 1.53. The summed E-state index contributed by atoms with van der Waals surface area (Å²) in [6.07, 6.45) is -1.26. The van der Waals surface area contributed by atoms with Gasteiger partial charge < -0.3 is 5.73 Å². The van der Waals surface area contributed by atoms with E-state index in [1.54, 1.807) is 0 Å². The molecule has 0 spiro atoms. The zero-order valence-electron chi connectivity index (χ0n) is 12.6. The molecule has 2 N–H and O–H groups in total. The van der Waals surface area contributed by atoms with Gasteiger partial charge in [0, 0.05) is 12.4 Å². The number of rotatable bonds is 5. The lowest BCUT2D eigenvalue weighted by Crippen LogP contribution is -2.19. The van der Waals surface area contributed by atoms with E-state index in [1.807, 2.05) is 13.8 Å². The molecule has 0 aromatic carbocycles. The molecule has 0 unspecified atom stereocenters. The number of carbonyl (C=O) groups excluding carboxylic acids is 1. The van der Waals surface area contributed by atoms with Gasteiger partial charge in [-0.2, -0.15) is 18.3 Å². The summed E-state index contributed by atoms with van der Waals surface area (Å²) in [7, 11) is 0. The second-order valence-electron chi connectivity index (χ2n) is 5.43. The number of nitrogens with zero attached hydrogens (tertiary/aromatic N) is 4. The van der Waals surface area contributed by atoms with Crippen molar-refractivity contribution < 1.29 is 18.0 Å². The van der Waals surface area contributed by atoms with Crippen molar-refractivity contribution in [2.45, 2.75) is 32.9 Å². The monoisotopic (exact) mass is 327 g/mol. The van der Waals surface area contributed by atoms with Crippen LogP contribution >= 0.6 is 0 Å². The standard InChI is InChI=1S/C14H16F3N5O/c1-8(2)4-5-9-10(12(18)23)11(14(15,16)17)21-22(9)13-19-6-3-7-20-13/h3,6-8H,4-5H2,1-2H3,(H2,18,23). The Morgan fingerprint density at radius 1 is 1.30 bits per heavy atom. The number of primary amides is 1. The van der Waals surface area contributed by atoms with E-state index < -0.39 is 23.3 Å². The normalized spacial score (nSPS) is 11.9. The lowest BCUT2D eigenvalue weighted by atomic mass is 10.0. The fourth-order valence-electron chi connectivity index (χ4n) is 2.13. The second-order valence-corrected chi connectivity index (χ2v) is 5.43. The number of hydrogen-bond donors (Lipinski definition) is 1. The van der Waals surface area contributed by atoms with Crippen LogP contribution in [0, 0.1) is 5.92 Å². The summed E-state index contributed by atoms with van der Waals surface area (Å²) in [5.74, 6) is -0.979. The van der Waals surface area contributed by atoms with Crippen molar-refractivity contribution in [2.24, 2.45) is 11.7 Å². The van der Waals surface area contributed by atoms with Gasteiger partial charge in [-0.3, -0.25) is 4.79 Å². The first-order valence-electron chi connectivity index (χ1n) is 6.98. The van der Waals surface area contributed by atoms with Crippen LogP contribution in [0.4, 0.5) is 13.2 Å². The Morgan fingerprint density at radius 3 is 2.39 bits per heavy atom. The van der Waals surface area contributed by atoms with Gasteiger partial charge in [0.05, 0.1) is 11.3 Å². The summed E-state index contributed by atoms with van der Waals surface area (Å²) in [5, 5.41) is 3.52. The molecule has 23 heavy (non-hydrogen) atoms. The van der Waals surface area contributed by atoms with Crippen LogP contribution in [0.1, 0.15) is 42.0 Å². The molecule has 2 aromatic rings. The summed E-state index contributed by atoms with van der Waals surface area (Å²) in [4.78, 5) is 19.4. The third-order valence-electron chi connectivity index (χ3n) is 3.20. The van der Waals surface area contributed by atoms with E-state index in [1.165, 1.54) is 18.5 Å². The molecule has 0 bridgehead atoms.